The first-order valence-electron chi connectivity index (χ1n) is 8.73. The second-order valence-electron chi connectivity index (χ2n) is 6.27. The van der Waals surface area contributed by atoms with Crippen LogP contribution in [-0.4, -0.2) is 21.1 Å². The van der Waals surface area contributed by atoms with Crippen LogP contribution in [0.2, 0.25) is 0 Å². The Hall–Kier alpha value is -3.12. The van der Waals surface area contributed by atoms with Gasteiger partial charge in [-0.1, -0.05) is 59.9 Å². The standard InChI is InChI=1S/C21H18N4OS/c1-14-13-17(16-9-5-6-10-18(16)22-14)20(26)23-21-25-24-19(27-21)12-11-15-7-3-2-4-8-15/h2-10,13H,11-12H2,1H3,(H,23,25,26). The molecule has 6 heteroatoms. The van der Waals surface area contributed by atoms with Crippen molar-refractivity contribution in [3.05, 3.63) is 82.5 Å². The average Bonchev–Trinajstić information content (AvgIpc) is 3.13. The number of nitrogens with zero attached hydrogens (tertiary/aromatic N) is 3. The van der Waals surface area contributed by atoms with E-state index in [2.05, 4.69) is 32.6 Å². The number of fused-ring (bicyclic) bond motifs is 1. The van der Waals surface area contributed by atoms with Gasteiger partial charge in [0, 0.05) is 17.5 Å². The molecule has 4 aromatic rings. The summed E-state index contributed by atoms with van der Waals surface area (Å²) in [6.45, 7) is 1.88. The van der Waals surface area contributed by atoms with Crippen molar-refractivity contribution in [1.29, 1.82) is 0 Å². The van der Waals surface area contributed by atoms with E-state index in [1.54, 1.807) is 6.07 Å². The molecule has 1 amide bonds. The highest BCUT2D eigenvalue weighted by Crippen LogP contribution is 2.22. The average molecular weight is 374 g/mol. The fraction of sp³-hybridized carbons (Fsp3) is 0.143. The van der Waals surface area contributed by atoms with Crippen LogP contribution < -0.4 is 5.32 Å². The molecule has 27 heavy (non-hydrogen) atoms. The number of aryl methyl sites for hydroxylation is 3. The quantitative estimate of drug-likeness (QED) is 0.561. The Kier molecular flexibility index (Phi) is 4.89. The third kappa shape index (κ3) is 4.01. The van der Waals surface area contributed by atoms with E-state index in [4.69, 9.17) is 0 Å². The minimum absolute atomic E-state index is 0.192. The Morgan fingerprint density at radius 2 is 1.78 bits per heavy atom. The molecule has 0 atom stereocenters. The third-order valence-electron chi connectivity index (χ3n) is 4.25. The molecule has 0 spiro atoms. The molecule has 0 aliphatic heterocycles. The molecule has 134 valence electrons. The second kappa shape index (κ2) is 7.63. The summed E-state index contributed by atoms with van der Waals surface area (Å²) in [4.78, 5) is 17.2. The Morgan fingerprint density at radius 3 is 2.63 bits per heavy atom. The molecule has 0 bridgehead atoms. The van der Waals surface area contributed by atoms with Gasteiger partial charge in [-0.05, 0) is 31.0 Å². The highest BCUT2D eigenvalue weighted by Gasteiger charge is 2.14. The maximum absolute atomic E-state index is 12.8. The number of nitrogens with one attached hydrogen (secondary N) is 1. The van der Waals surface area contributed by atoms with Gasteiger partial charge in [-0.2, -0.15) is 0 Å². The van der Waals surface area contributed by atoms with Gasteiger partial charge in [-0.3, -0.25) is 15.1 Å². The zero-order valence-corrected chi connectivity index (χ0v) is 15.7. The molecule has 2 heterocycles. The maximum Gasteiger partial charge on any atom is 0.258 e. The zero-order chi connectivity index (χ0) is 18.6. The Labute approximate surface area is 161 Å². The molecule has 0 aliphatic carbocycles. The molecule has 0 saturated heterocycles. The highest BCUT2D eigenvalue weighted by molar-refractivity contribution is 7.15. The van der Waals surface area contributed by atoms with Crippen LogP contribution in [0.15, 0.2) is 60.7 Å². The van der Waals surface area contributed by atoms with Crippen LogP contribution in [-0.2, 0) is 12.8 Å². The molecule has 0 unspecified atom stereocenters. The van der Waals surface area contributed by atoms with Crippen LogP contribution in [0.1, 0.15) is 26.6 Å². The number of para-hydroxylation sites is 1. The van der Waals surface area contributed by atoms with E-state index >= 15 is 0 Å². The summed E-state index contributed by atoms with van der Waals surface area (Å²) in [7, 11) is 0. The lowest BCUT2D eigenvalue weighted by atomic mass is 10.1. The summed E-state index contributed by atoms with van der Waals surface area (Å²) < 4.78 is 0. The number of amides is 1. The predicted octanol–water partition coefficient (Wildman–Crippen LogP) is 4.43. The number of benzene rings is 2. The summed E-state index contributed by atoms with van der Waals surface area (Å²) >= 11 is 1.41. The number of rotatable bonds is 5. The van der Waals surface area contributed by atoms with E-state index in [-0.39, 0.29) is 5.91 Å². The minimum atomic E-state index is -0.192. The smallest absolute Gasteiger partial charge is 0.258 e. The largest absolute Gasteiger partial charge is 0.296 e. The molecule has 2 aromatic carbocycles. The fourth-order valence-electron chi connectivity index (χ4n) is 2.96. The van der Waals surface area contributed by atoms with Crippen LogP contribution in [0, 0.1) is 6.92 Å². The Balaban J connectivity index is 1.48. The summed E-state index contributed by atoms with van der Waals surface area (Å²) in [6, 6.07) is 19.7. The lowest BCUT2D eigenvalue weighted by Crippen LogP contribution is -2.13. The minimum Gasteiger partial charge on any atom is -0.296 e. The zero-order valence-electron chi connectivity index (χ0n) is 14.8. The molecule has 0 radical (unpaired) electrons. The monoisotopic (exact) mass is 374 g/mol. The van der Waals surface area contributed by atoms with Gasteiger partial charge >= 0.3 is 0 Å². The first-order chi connectivity index (χ1) is 13.2. The third-order valence-corrected chi connectivity index (χ3v) is 5.15. The topological polar surface area (TPSA) is 67.8 Å². The summed E-state index contributed by atoms with van der Waals surface area (Å²) in [5.41, 5.74) is 3.47. The van der Waals surface area contributed by atoms with Gasteiger partial charge in [0.15, 0.2) is 0 Å². The van der Waals surface area contributed by atoms with Gasteiger partial charge in [-0.15, -0.1) is 10.2 Å². The molecule has 0 fully saturated rings. The summed E-state index contributed by atoms with van der Waals surface area (Å²) in [5.74, 6) is -0.192. The van der Waals surface area contributed by atoms with E-state index in [1.165, 1.54) is 16.9 Å². The molecule has 4 rings (SSSR count). The number of aromatic nitrogens is 3. The van der Waals surface area contributed by atoms with Crippen LogP contribution in [0.25, 0.3) is 10.9 Å². The molecule has 0 aliphatic rings. The molecule has 1 N–H and O–H groups in total. The van der Waals surface area contributed by atoms with Gasteiger partial charge < -0.3 is 0 Å². The van der Waals surface area contributed by atoms with Crippen molar-refractivity contribution < 1.29 is 4.79 Å². The summed E-state index contributed by atoms with van der Waals surface area (Å²) in [6.07, 6.45) is 1.70. The Bertz CT molecular complexity index is 1090. The van der Waals surface area contributed by atoms with Crippen molar-refractivity contribution >= 4 is 33.3 Å². The van der Waals surface area contributed by atoms with Crippen LogP contribution >= 0.6 is 11.3 Å². The molecule has 5 nitrogen and oxygen atoms in total. The predicted molar refractivity (Wildman–Crippen MR) is 108 cm³/mol. The van der Waals surface area contributed by atoms with Gasteiger partial charge in [0.2, 0.25) is 5.13 Å². The molecular formula is C21H18N4OS. The van der Waals surface area contributed by atoms with Crippen LogP contribution in [0.3, 0.4) is 0 Å². The van der Waals surface area contributed by atoms with Gasteiger partial charge in [0.05, 0.1) is 11.1 Å². The molecule has 0 saturated carbocycles. The number of hydrogen-bond donors (Lipinski definition) is 1. The van der Waals surface area contributed by atoms with Crippen molar-refractivity contribution in [2.45, 2.75) is 19.8 Å². The number of pyridine rings is 1. The number of hydrogen-bond acceptors (Lipinski definition) is 5. The van der Waals surface area contributed by atoms with E-state index in [0.717, 1.165) is 34.4 Å². The number of carbonyl (C=O) groups is 1. The molecule has 2 aromatic heterocycles. The number of anilines is 1. The van der Waals surface area contributed by atoms with Gasteiger partial charge in [0.25, 0.3) is 5.91 Å². The first kappa shape index (κ1) is 17.3. The van der Waals surface area contributed by atoms with Crippen LogP contribution in [0.4, 0.5) is 5.13 Å². The van der Waals surface area contributed by atoms with E-state index in [0.29, 0.717) is 10.7 Å². The van der Waals surface area contributed by atoms with Gasteiger partial charge in [-0.25, -0.2) is 0 Å². The van der Waals surface area contributed by atoms with E-state index < -0.39 is 0 Å². The maximum atomic E-state index is 12.8. The lowest BCUT2D eigenvalue weighted by molar-refractivity contribution is 0.102. The number of carbonyl (C=O) groups excluding carboxylic acids is 1. The lowest BCUT2D eigenvalue weighted by Gasteiger charge is -2.07. The second-order valence-corrected chi connectivity index (χ2v) is 7.33. The fourth-order valence-corrected chi connectivity index (χ4v) is 3.70. The highest BCUT2D eigenvalue weighted by atomic mass is 32.1. The van der Waals surface area contributed by atoms with Gasteiger partial charge in [0.1, 0.15) is 5.01 Å². The SMILES string of the molecule is Cc1cc(C(=O)Nc2nnc(CCc3ccccc3)s2)c2ccccc2n1. The van der Waals surface area contributed by atoms with E-state index in [1.807, 2.05) is 49.4 Å². The van der Waals surface area contributed by atoms with Crippen molar-refractivity contribution in [2.24, 2.45) is 0 Å². The normalized spacial score (nSPS) is 10.9. The first-order valence-corrected chi connectivity index (χ1v) is 9.55. The van der Waals surface area contributed by atoms with Crippen LogP contribution in [0.5, 0.6) is 0 Å². The van der Waals surface area contributed by atoms with Crippen molar-refractivity contribution in [2.75, 3.05) is 5.32 Å². The Morgan fingerprint density at radius 1 is 1.00 bits per heavy atom. The molecular weight excluding hydrogens is 356 g/mol. The van der Waals surface area contributed by atoms with Crippen molar-refractivity contribution in [1.82, 2.24) is 15.2 Å². The van der Waals surface area contributed by atoms with E-state index in [9.17, 15) is 4.79 Å². The van der Waals surface area contributed by atoms with Crippen molar-refractivity contribution in [3.8, 4) is 0 Å². The van der Waals surface area contributed by atoms with Crippen molar-refractivity contribution in [3.63, 3.8) is 0 Å². The summed E-state index contributed by atoms with van der Waals surface area (Å²) in [5, 5.41) is 13.4.